The van der Waals surface area contributed by atoms with E-state index in [1.165, 1.54) is 0 Å². The van der Waals surface area contributed by atoms with Gasteiger partial charge < -0.3 is 9.47 Å². The summed E-state index contributed by atoms with van der Waals surface area (Å²) >= 11 is 0. The summed E-state index contributed by atoms with van der Waals surface area (Å²) in [5.41, 5.74) is 0. The van der Waals surface area contributed by atoms with Gasteiger partial charge in [0.05, 0.1) is 23.7 Å². The van der Waals surface area contributed by atoms with E-state index in [1.807, 2.05) is 0 Å². The van der Waals surface area contributed by atoms with Gasteiger partial charge in [0, 0.05) is 0 Å². The minimum absolute atomic E-state index is 0.408. The number of carbonyl (C=O) groups excluding carboxylic acids is 4. The minimum Gasteiger partial charge on any atom is -0.393 e. The van der Waals surface area contributed by atoms with Crippen molar-refractivity contribution in [2.24, 2.45) is 35.5 Å². The van der Waals surface area contributed by atoms with Gasteiger partial charge in [-0.25, -0.2) is 0 Å². The van der Waals surface area contributed by atoms with Gasteiger partial charge in [-0.3, -0.25) is 19.2 Å². The third-order valence-electron chi connectivity index (χ3n) is 4.53. The van der Waals surface area contributed by atoms with E-state index in [-0.39, 0.29) is 0 Å². The fourth-order valence-electron chi connectivity index (χ4n) is 3.67. The fraction of sp³-hybridized carbons (Fsp3) is 0.667. The number of rotatable bonds is 0. The first-order chi connectivity index (χ1) is 8.43. The van der Waals surface area contributed by atoms with Crippen LogP contribution in [-0.2, 0) is 28.7 Å². The summed E-state index contributed by atoms with van der Waals surface area (Å²) < 4.78 is 9.29. The Hall–Kier alpha value is -1.72. The lowest BCUT2D eigenvalue weighted by atomic mass is 9.59. The van der Waals surface area contributed by atoms with Crippen LogP contribution in [0.1, 0.15) is 13.8 Å². The first-order valence-corrected chi connectivity index (χ1v) is 5.94. The maximum atomic E-state index is 11.7. The van der Waals surface area contributed by atoms with Crippen LogP contribution in [-0.4, -0.2) is 23.9 Å². The molecule has 4 atom stereocenters. The molecule has 0 radical (unpaired) electrons. The maximum absolute atomic E-state index is 11.7. The Kier molecular flexibility index (Phi) is 2.15. The third kappa shape index (κ3) is 1.18. The van der Waals surface area contributed by atoms with E-state index >= 15 is 0 Å². The molecule has 0 N–H and O–H groups in total. The molecule has 18 heavy (non-hydrogen) atoms. The van der Waals surface area contributed by atoms with Gasteiger partial charge in [-0.1, -0.05) is 13.8 Å². The van der Waals surface area contributed by atoms with Crippen LogP contribution < -0.4 is 0 Å². The van der Waals surface area contributed by atoms with Crippen LogP contribution in [0, 0.1) is 35.5 Å². The van der Waals surface area contributed by atoms with Crippen molar-refractivity contribution in [2.45, 2.75) is 13.8 Å². The van der Waals surface area contributed by atoms with Gasteiger partial charge in [0.2, 0.25) is 0 Å². The largest absolute Gasteiger partial charge is 0.393 e. The van der Waals surface area contributed by atoms with E-state index in [9.17, 15) is 19.2 Å². The van der Waals surface area contributed by atoms with Crippen molar-refractivity contribution in [1.29, 1.82) is 0 Å². The predicted molar refractivity (Wildman–Crippen MR) is 54.5 cm³/mol. The van der Waals surface area contributed by atoms with Crippen LogP contribution in [0.3, 0.4) is 0 Å². The number of carbonyl (C=O) groups is 4. The van der Waals surface area contributed by atoms with Gasteiger partial charge in [0.15, 0.2) is 0 Å². The zero-order valence-electron chi connectivity index (χ0n) is 9.91. The van der Waals surface area contributed by atoms with E-state index in [0.29, 0.717) is 0 Å². The van der Waals surface area contributed by atoms with Crippen molar-refractivity contribution in [2.75, 3.05) is 0 Å². The van der Waals surface area contributed by atoms with E-state index in [0.717, 1.165) is 0 Å². The van der Waals surface area contributed by atoms with E-state index in [2.05, 4.69) is 9.47 Å². The van der Waals surface area contributed by atoms with Crippen molar-refractivity contribution in [3.8, 4) is 0 Å². The smallest absolute Gasteiger partial charge is 0.317 e. The molecule has 0 bridgehead atoms. The Labute approximate surface area is 103 Å². The lowest BCUT2D eigenvalue weighted by Crippen LogP contribution is -2.47. The molecule has 2 aliphatic heterocycles. The summed E-state index contributed by atoms with van der Waals surface area (Å²) in [5.74, 6) is -5.70. The average molecular weight is 252 g/mol. The molecule has 2 saturated heterocycles. The van der Waals surface area contributed by atoms with Crippen LogP contribution >= 0.6 is 0 Å². The predicted octanol–water partition coefficient (Wildman–Crippen LogP) is -0.0962. The molecule has 0 amide bonds. The fourth-order valence-corrected chi connectivity index (χ4v) is 3.67. The number of hydrogen-bond donors (Lipinski definition) is 0. The van der Waals surface area contributed by atoms with Crippen molar-refractivity contribution >= 4 is 23.9 Å². The number of ether oxygens (including phenoxy) is 2. The van der Waals surface area contributed by atoms with Crippen LogP contribution in [0.5, 0.6) is 0 Å². The molecule has 0 aromatic heterocycles. The molecule has 1 saturated carbocycles. The van der Waals surface area contributed by atoms with Gasteiger partial charge in [0.25, 0.3) is 0 Å². The van der Waals surface area contributed by atoms with Gasteiger partial charge in [-0.05, 0) is 11.8 Å². The lowest BCUT2D eigenvalue weighted by Gasteiger charge is -2.37. The van der Waals surface area contributed by atoms with Crippen molar-refractivity contribution < 1.29 is 28.7 Å². The number of esters is 4. The number of fused-ring (bicyclic) bond motifs is 2. The first-order valence-electron chi connectivity index (χ1n) is 5.94. The SMILES string of the molecule is CC1C2C(=O)OC(=O)C2C(C)C2C(=O)OC(=O)C12. The van der Waals surface area contributed by atoms with Crippen molar-refractivity contribution in [3.05, 3.63) is 0 Å². The highest BCUT2D eigenvalue weighted by atomic mass is 16.6. The molecule has 3 rings (SSSR count). The average Bonchev–Trinajstić information content (AvgIpc) is 2.73. The third-order valence-corrected chi connectivity index (χ3v) is 4.53. The zero-order chi connectivity index (χ0) is 13.2. The molecule has 3 aliphatic rings. The summed E-state index contributed by atoms with van der Waals surface area (Å²) in [6.07, 6.45) is 0. The monoisotopic (exact) mass is 252 g/mol. The Morgan fingerprint density at radius 1 is 0.611 bits per heavy atom. The molecule has 4 unspecified atom stereocenters. The van der Waals surface area contributed by atoms with Crippen molar-refractivity contribution in [3.63, 3.8) is 0 Å². The summed E-state index contributed by atoms with van der Waals surface area (Å²) in [5, 5.41) is 0. The summed E-state index contributed by atoms with van der Waals surface area (Å²) in [6.45, 7) is 3.39. The zero-order valence-corrected chi connectivity index (χ0v) is 9.91. The second-order valence-corrected chi connectivity index (χ2v) is 5.30. The summed E-state index contributed by atoms with van der Waals surface area (Å²) in [4.78, 5) is 46.7. The molecule has 0 aromatic rings. The quantitative estimate of drug-likeness (QED) is 0.442. The highest BCUT2D eigenvalue weighted by Gasteiger charge is 2.64. The molecule has 2 heterocycles. The van der Waals surface area contributed by atoms with Crippen LogP contribution in [0.4, 0.5) is 0 Å². The first kappa shape index (κ1) is 11.4. The standard InChI is InChI=1S/C12H12O6/c1-3-5-7(11(15)17-9(5)13)4(2)8-6(3)10(14)18-12(8)16/h3-8H,1-2H3. The second-order valence-electron chi connectivity index (χ2n) is 5.30. The molecule has 6 nitrogen and oxygen atoms in total. The topological polar surface area (TPSA) is 86.7 Å². The number of hydrogen-bond acceptors (Lipinski definition) is 6. The van der Waals surface area contributed by atoms with Crippen LogP contribution in [0.25, 0.3) is 0 Å². The molecule has 6 heteroatoms. The van der Waals surface area contributed by atoms with E-state index in [4.69, 9.17) is 0 Å². The highest BCUT2D eigenvalue weighted by molar-refractivity contribution is 6.01. The van der Waals surface area contributed by atoms with Gasteiger partial charge in [-0.2, -0.15) is 0 Å². The molecular formula is C12H12O6. The Balaban J connectivity index is 2.07. The molecule has 0 aromatic carbocycles. The molecule has 0 spiro atoms. The van der Waals surface area contributed by atoms with Gasteiger partial charge >= 0.3 is 23.9 Å². The summed E-state index contributed by atoms with van der Waals surface area (Å²) in [7, 11) is 0. The number of cyclic esters (lactones) is 4. The minimum atomic E-state index is -0.632. The Morgan fingerprint density at radius 3 is 1.06 bits per heavy atom. The Morgan fingerprint density at radius 2 is 0.833 bits per heavy atom. The molecule has 3 fully saturated rings. The second kappa shape index (κ2) is 3.40. The molecule has 96 valence electrons. The van der Waals surface area contributed by atoms with Crippen LogP contribution in [0.2, 0.25) is 0 Å². The molecular weight excluding hydrogens is 240 g/mol. The molecule has 1 aliphatic carbocycles. The highest BCUT2D eigenvalue weighted by Crippen LogP contribution is 2.52. The van der Waals surface area contributed by atoms with Gasteiger partial charge in [0.1, 0.15) is 0 Å². The van der Waals surface area contributed by atoms with Crippen molar-refractivity contribution in [1.82, 2.24) is 0 Å². The van der Waals surface area contributed by atoms with Gasteiger partial charge in [-0.15, -0.1) is 0 Å². The lowest BCUT2D eigenvalue weighted by molar-refractivity contribution is -0.154. The van der Waals surface area contributed by atoms with Crippen LogP contribution in [0.15, 0.2) is 0 Å². The van der Waals surface area contributed by atoms with E-state index in [1.54, 1.807) is 13.8 Å². The summed E-state index contributed by atoms with van der Waals surface area (Å²) in [6, 6.07) is 0. The maximum Gasteiger partial charge on any atom is 0.317 e. The van der Waals surface area contributed by atoms with E-state index < -0.39 is 59.4 Å². The normalized spacial score (nSPS) is 46.6. The Bertz CT molecular complexity index is 397.